The first-order chi connectivity index (χ1) is 13.0. The summed E-state index contributed by atoms with van der Waals surface area (Å²) in [4.78, 5) is 23.6. The normalized spacial score (nSPS) is 10.7. The minimum Gasteiger partial charge on any atom is -0.457 e. The van der Waals surface area contributed by atoms with Crippen LogP contribution in [0.1, 0.15) is 29.0 Å². The number of hydrogen-bond acceptors (Lipinski definition) is 4. The Morgan fingerprint density at radius 2 is 1.89 bits per heavy atom. The van der Waals surface area contributed by atoms with E-state index in [9.17, 15) is 18.4 Å². The molecule has 0 fully saturated rings. The molecule has 140 valence electrons. The molecule has 0 bridgehead atoms. The van der Waals surface area contributed by atoms with Gasteiger partial charge in [-0.25, -0.2) is 8.78 Å². The molecule has 3 aromatic rings. The first-order valence-electron chi connectivity index (χ1n) is 8.39. The molecule has 1 aromatic heterocycles. The third kappa shape index (κ3) is 4.91. The van der Waals surface area contributed by atoms with Crippen molar-refractivity contribution in [2.75, 3.05) is 6.54 Å². The summed E-state index contributed by atoms with van der Waals surface area (Å²) in [5.74, 6) is -2.24. The van der Waals surface area contributed by atoms with E-state index in [1.54, 1.807) is 6.07 Å². The van der Waals surface area contributed by atoms with E-state index >= 15 is 0 Å². The fourth-order valence-electron chi connectivity index (χ4n) is 2.54. The van der Waals surface area contributed by atoms with Gasteiger partial charge in [-0.15, -0.1) is 0 Å². The molecule has 0 aliphatic heterocycles. The fourth-order valence-corrected chi connectivity index (χ4v) is 2.54. The Kier molecular flexibility index (Phi) is 5.80. The van der Waals surface area contributed by atoms with E-state index in [2.05, 4.69) is 5.32 Å². The Morgan fingerprint density at radius 1 is 1.07 bits per heavy atom. The van der Waals surface area contributed by atoms with Crippen molar-refractivity contribution in [3.8, 4) is 0 Å². The summed E-state index contributed by atoms with van der Waals surface area (Å²) in [6.45, 7) is 0.191. The van der Waals surface area contributed by atoms with Crippen molar-refractivity contribution in [2.24, 2.45) is 0 Å². The lowest BCUT2D eigenvalue weighted by atomic mass is 10.2. The maximum absolute atomic E-state index is 13.5. The van der Waals surface area contributed by atoms with Crippen LogP contribution in [-0.2, 0) is 16.1 Å². The topological polar surface area (TPSA) is 68.5 Å². The van der Waals surface area contributed by atoms with Crippen LogP contribution in [0.2, 0.25) is 0 Å². The third-order valence-electron chi connectivity index (χ3n) is 3.87. The molecule has 0 aliphatic rings. The molecule has 0 unspecified atom stereocenters. The molecule has 0 saturated heterocycles. The van der Waals surface area contributed by atoms with Gasteiger partial charge in [0.2, 0.25) is 0 Å². The van der Waals surface area contributed by atoms with Crippen LogP contribution >= 0.6 is 0 Å². The van der Waals surface area contributed by atoms with Gasteiger partial charge in [-0.2, -0.15) is 0 Å². The van der Waals surface area contributed by atoms with Gasteiger partial charge in [-0.05, 0) is 30.7 Å². The number of benzene rings is 2. The number of amides is 1. The largest absolute Gasteiger partial charge is 0.457 e. The number of fused-ring (bicyclic) bond motifs is 1. The molecule has 0 atom stereocenters. The van der Waals surface area contributed by atoms with Gasteiger partial charge in [0.05, 0.1) is 5.56 Å². The fraction of sp³-hybridized carbons (Fsp3) is 0.200. The summed E-state index contributed by atoms with van der Waals surface area (Å²) in [6, 6.07) is 12.0. The Hall–Kier alpha value is -3.22. The number of para-hydroxylation sites is 1. The second-order valence-corrected chi connectivity index (χ2v) is 5.89. The summed E-state index contributed by atoms with van der Waals surface area (Å²) in [6.07, 6.45) is 0.417. The molecule has 0 saturated carbocycles. The van der Waals surface area contributed by atoms with Crippen molar-refractivity contribution >= 4 is 22.8 Å². The minimum absolute atomic E-state index is 0.0284. The highest BCUT2D eigenvalue weighted by molar-refractivity contribution is 5.94. The summed E-state index contributed by atoms with van der Waals surface area (Å²) in [7, 11) is 0. The van der Waals surface area contributed by atoms with Gasteiger partial charge in [0, 0.05) is 24.4 Å². The molecular formula is C20H17F2NO4. The van der Waals surface area contributed by atoms with Crippen molar-refractivity contribution in [1.82, 2.24) is 5.32 Å². The van der Waals surface area contributed by atoms with Crippen molar-refractivity contribution in [2.45, 2.75) is 19.4 Å². The number of furan rings is 1. The quantitative estimate of drug-likeness (QED) is 0.503. The monoisotopic (exact) mass is 373 g/mol. The zero-order chi connectivity index (χ0) is 19.2. The molecule has 7 heteroatoms. The van der Waals surface area contributed by atoms with Gasteiger partial charge in [0.25, 0.3) is 5.91 Å². The second-order valence-electron chi connectivity index (χ2n) is 5.89. The molecule has 0 aliphatic carbocycles. The first-order valence-corrected chi connectivity index (χ1v) is 8.39. The van der Waals surface area contributed by atoms with Gasteiger partial charge >= 0.3 is 5.97 Å². The highest BCUT2D eigenvalue weighted by Gasteiger charge is 2.12. The Labute approximate surface area is 153 Å². The average molecular weight is 373 g/mol. The number of nitrogens with one attached hydrogen (secondary N) is 1. The van der Waals surface area contributed by atoms with Gasteiger partial charge in [-0.1, -0.05) is 18.2 Å². The predicted molar refractivity (Wildman–Crippen MR) is 93.9 cm³/mol. The maximum atomic E-state index is 13.5. The van der Waals surface area contributed by atoms with E-state index in [1.165, 1.54) is 0 Å². The summed E-state index contributed by atoms with van der Waals surface area (Å²) in [5, 5.41) is 3.41. The zero-order valence-electron chi connectivity index (χ0n) is 14.3. The molecule has 5 nitrogen and oxygen atoms in total. The molecule has 0 radical (unpaired) electrons. The lowest BCUT2D eigenvalue weighted by Gasteiger charge is -2.06. The van der Waals surface area contributed by atoms with Crippen molar-refractivity contribution < 1.29 is 27.5 Å². The number of carbonyl (C=O) groups excluding carboxylic acids is 2. The van der Waals surface area contributed by atoms with E-state index in [0.717, 1.165) is 23.1 Å². The third-order valence-corrected chi connectivity index (χ3v) is 3.87. The number of hydrogen-bond donors (Lipinski definition) is 1. The van der Waals surface area contributed by atoms with Crippen LogP contribution in [0.4, 0.5) is 8.78 Å². The van der Waals surface area contributed by atoms with Crippen LogP contribution < -0.4 is 5.32 Å². The summed E-state index contributed by atoms with van der Waals surface area (Å²) >= 11 is 0. The van der Waals surface area contributed by atoms with Crippen LogP contribution in [-0.4, -0.2) is 18.4 Å². The van der Waals surface area contributed by atoms with E-state index < -0.39 is 23.5 Å². The molecule has 1 amide bonds. The highest BCUT2D eigenvalue weighted by Crippen LogP contribution is 2.19. The number of esters is 1. The Balaban J connectivity index is 1.38. The second kappa shape index (κ2) is 8.44. The van der Waals surface area contributed by atoms with Gasteiger partial charge in [-0.3, -0.25) is 9.59 Å². The van der Waals surface area contributed by atoms with Crippen molar-refractivity contribution in [3.05, 3.63) is 71.5 Å². The van der Waals surface area contributed by atoms with Crippen LogP contribution in [0.25, 0.3) is 11.0 Å². The smallest absolute Gasteiger partial charge is 0.306 e. The number of carbonyl (C=O) groups is 2. The van der Waals surface area contributed by atoms with Crippen LogP contribution in [0.3, 0.4) is 0 Å². The summed E-state index contributed by atoms with van der Waals surface area (Å²) in [5.41, 5.74) is 0.475. The maximum Gasteiger partial charge on any atom is 0.306 e. The zero-order valence-corrected chi connectivity index (χ0v) is 14.3. The lowest BCUT2D eigenvalue weighted by molar-refractivity contribution is -0.145. The van der Waals surface area contributed by atoms with E-state index in [1.807, 2.05) is 24.3 Å². The van der Waals surface area contributed by atoms with E-state index in [0.29, 0.717) is 18.2 Å². The highest BCUT2D eigenvalue weighted by atomic mass is 19.1. The van der Waals surface area contributed by atoms with E-state index in [4.69, 9.17) is 9.15 Å². The SMILES string of the molecule is O=C(CCCNC(=O)c1ccc(F)cc1F)OCc1cc2ccccc2o1. The van der Waals surface area contributed by atoms with Crippen LogP contribution in [0.15, 0.2) is 52.9 Å². The van der Waals surface area contributed by atoms with Gasteiger partial charge in [0.1, 0.15) is 29.6 Å². The molecular weight excluding hydrogens is 356 g/mol. The Bertz CT molecular complexity index is 935. The predicted octanol–water partition coefficient (Wildman–Crippen LogP) is 3.96. The van der Waals surface area contributed by atoms with Crippen molar-refractivity contribution in [1.29, 1.82) is 0 Å². The van der Waals surface area contributed by atoms with Crippen LogP contribution in [0, 0.1) is 11.6 Å². The number of rotatable bonds is 7. The van der Waals surface area contributed by atoms with Gasteiger partial charge < -0.3 is 14.5 Å². The van der Waals surface area contributed by atoms with Gasteiger partial charge in [0.15, 0.2) is 0 Å². The number of halogens is 2. The number of ether oxygens (including phenoxy) is 1. The van der Waals surface area contributed by atoms with E-state index in [-0.39, 0.29) is 25.1 Å². The first kappa shape index (κ1) is 18.6. The molecule has 1 heterocycles. The summed E-state index contributed by atoms with van der Waals surface area (Å²) < 4.78 is 37.0. The minimum atomic E-state index is -0.933. The molecule has 27 heavy (non-hydrogen) atoms. The molecule has 2 aromatic carbocycles. The molecule has 0 spiro atoms. The molecule has 1 N–H and O–H groups in total. The Morgan fingerprint density at radius 3 is 2.67 bits per heavy atom. The standard InChI is InChI=1S/C20H17F2NO4/c21-14-7-8-16(17(22)11-14)20(25)23-9-3-6-19(24)26-12-15-10-13-4-1-2-5-18(13)27-15/h1-2,4-5,7-8,10-11H,3,6,9,12H2,(H,23,25). The lowest BCUT2D eigenvalue weighted by Crippen LogP contribution is -2.26. The van der Waals surface area contributed by atoms with Crippen LogP contribution in [0.5, 0.6) is 0 Å². The molecule has 3 rings (SSSR count). The average Bonchev–Trinajstić information content (AvgIpc) is 3.06. The van der Waals surface area contributed by atoms with Crippen molar-refractivity contribution in [3.63, 3.8) is 0 Å².